The number of ether oxygens (including phenoxy) is 2. The van der Waals surface area contributed by atoms with Gasteiger partial charge in [-0.05, 0) is 61.3 Å². The van der Waals surface area contributed by atoms with Crippen LogP contribution in [0.15, 0.2) is 53.3 Å². The number of nitrogens with zero attached hydrogens (tertiary/aromatic N) is 3. The number of rotatable bonds is 5. The third-order valence-corrected chi connectivity index (χ3v) is 6.36. The molecule has 0 radical (unpaired) electrons. The molecule has 0 saturated carbocycles. The van der Waals surface area contributed by atoms with Gasteiger partial charge in [-0.25, -0.2) is 13.8 Å². The fraction of sp³-hybridized carbons (Fsp3) is 0.222. The van der Waals surface area contributed by atoms with Gasteiger partial charge in [-0.3, -0.25) is 9.36 Å². The third-order valence-electron chi connectivity index (χ3n) is 6.36. The smallest absolute Gasteiger partial charge is 0.266 e. The number of aromatic nitrogens is 2. The summed E-state index contributed by atoms with van der Waals surface area (Å²) in [5, 5.41) is 13.2. The number of hydrogen-bond donors (Lipinski definition) is 1. The van der Waals surface area contributed by atoms with E-state index in [2.05, 4.69) is 11.4 Å². The van der Waals surface area contributed by atoms with E-state index in [1.54, 1.807) is 18.2 Å². The highest BCUT2D eigenvalue weighted by Crippen LogP contribution is 2.33. The van der Waals surface area contributed by atoms with Gasteiger partial charge in [0.15, 0.2) is 23.1 Å². The average Bonchev–Trinajstić information content (AvgIpc) is 3.43. The Bertz CT molecular complexity index is 1590. The molecule has 0 spiro atoms. The number of halogens is 2. The highest BCUT2D eigenvalue weighted by Gasteiger charge is 2.26. The summed E-state index contributed by atoms with van der Waals surface area (Å²) in [4.78, 5) is 18.8. The molecule has 5 rings (SSSR count). The maximum Gasteiger partial charge on any atom is 0.266 e. The minimum Gasteiger partial charge on any atom is -0.494 e. The lowest BCUT2D eigenvalue weighted by Gasteiger charge is -2.20. The first-order valence-electron chi connectivity index (χ1n) is 11.4. The van der Waals surface area contributed by atoms with E-state index in [0.29, 0.717) is 22.5 Å². The molecule has 0 amide bonds. The van der Waals surface area contributed by atoms with E-state index in [-0.39, 0.29) is 34.2 Å². The topological polar surface area (TPSA) is 89.2 Å². The summed E-state index contributed by atoms with van der Waals surface area (Å²) >= 11 is 0. The number of nitrogens with one attached hydrogen (secondary N) is 1. The first-order chi connectivity index (χ1) is 17.4. The number of nitriles is 1. The van der Waals surface area contributed by atoms with Crippen LogP contribution in [0.1, 0.15) is 30.3 Å². The maximum atomic E-state index is 14.6. The Morgan fingerprint density at radius 3 is 2.39 bits per heavy atom. The van der Waals surface area contributed by atoms with Gasteiger partial charge in [0.25, 0.3) is 5.56 Å². The lowest BCUT2D eigenvalue weighted by molar-refractivity contribution is 0.386. The van der Waals surface area contributed by atoms with Crippen molar-refractivity contribution < 1.29 is 18.3 Å². The molecule has 1 aliphatic heterocycles. The van der Waals surface area contributed by atoms with E-state index >= 15 is 0 Å². The van der Waals surface area contributed by atoms with Gasteiger partial charge in [0.1, 0.15) is 5.82 Å². The quantitative estimate of drug-likeness (QED) is 0.440. The zero-order valence-electron chi connectivity index (χ0n) is 19.6. The van der Waals surface area contributed by atoms with Crippen molar-refractivity contribution in [1.29, 1.82) is 5.26 Å². The predicted octanol–water partition coefficient (Wildman–Crippen LogP) is 4.64. The summed E-state index contributed by atoms with van der Waals surface area (Å²) in [7, 11) is 2.74. The summed E-state index contributed by atoms with van der Waals surface area (Å²) in [5.74, 6) is -0.656. The largest absolute Gasteiger partial charge is 0.494 e. The van der Waals surface area contributed by atoms with Gasteiger partial charge in [-0.1, -0.05) is 6.07 Å². The van der Waals surface area contributed by atoms with E-state index in [1.807, 2.05) is 0 Å². The molecule has 0 aliphatic carbocycles. The first-order valence-corrected chi connectivity index (χ1v) is 11.4. The van der Waals surface area contributed by atoms with Crippen LogP contribution in [-0.4, -0.2) is 30.3 Å². The van der Waals surface area contributed by atoms with E-state index in [4.69, 9.17) is 14.5 Å². The fourth-order valence-corrected chi connectivity index (χ4v) is 4.61. The van der Waals surface area contributed by atoms with Crippen molar-refractivity contribution in [3.63, 3.8) is 0 Å². The Morgan fingerprint density at radius 2 is 1.78 bits per heavy atom. The van der Waals surface area contributed by atoms with Crippen molar-refractivity contribution in [3.05, 3.63) is 81.9 Å². The summed E-state index contributed by atoms with van der Waals surface area (Å²) < 4.78 is 40.6. The average molecular weight is 488 g/mol. The van der Waals surface area contributed by atoms with E-state index < -0.39 is 17.2 Å². The molecular weight excluding hydrogens is 466 g/mol. The highest BCUT2D eigenvalue weighted by atomic mass is 19.1. The van der Waals surface area contributed by atoms with Gasteiger partial charge >= 0.3 is 0 Å². The molecule has 0 bridgehead atoms. The SMILES string of the molecule is COc1ccc(-c2cc(C#N)cc3c(=O)n(-c4ccc(OC)c(F)c4)c(C4CCCN4)nc23)cc1F. The molecule has 36 heavy (non-hydrogen) atoms. The number of fused-ring (bicyclic) bond motifs is 1. The normalized spacial score (nSPS) is 15.1. The fourth-order valence-electron chi connectivity index (χ4n) is 4.61. The number of methoxy groups -OCH3 is 2. The van der Waals surface area contributed by atoms with Crippen molar-refractivity contribution in [3.8, 4) is 34.4 Å². The standard InChI is InChI=1S/C27H22F2N4O3/c1-35-23-7-5-16(12-20(23)28)18-10-15(14-30)11-19-25(18)32-26(22-4-3-9-31-22)33(27(19)34)17-6-8-24(36-2)21(29)13-17/h5-8,10-13,22,31H,3-4,9H2,1-2H3. The van der Waals surface area contributed by atoms with Crippen LogP contribution < -0.4 is 20.3 Å². The predicted molar refractivity (Wildman–Crippen MR) is 130 cm³/mol. The van der Waals surface area contributed by atoms with E-state index in [0.717, 1.165) is 19.4 Å². The van der Waals surface area contributed by atoms with Gasteiger partial charge in [0.2, 0.25) is 0 Å². The minimum absolute atomic E-state index is 0.0525. The summed E-state index contributed by atoms with van der Waals surface area (Å²) in [6.45, 7) is 0.749. The molecule has 1 fully saturated rings. The van der Waals surface area contributed by atoms with Gasteiger partial charge in [-0.2, -0.15) is 5.26 Å². The second-order valence-corrected chi connectivity index (χ2v) is 8.46. The molecule has 1 aromatic heterocycles. The number of hydrogen-bond acceptors (Lipinski definition) is 6. The van der Waals surface area contributed by atoms with Crippen molar-refractivity contribution in [2.24, 2.45) is 0 Å². The Hall–Kier alpha value is -4.29. The molecule has 2 heterocycles. The minimum atomic E-state index is -0.618. The second-order valence-electron chi connectivity index (χ2n) is 8.46. The zero-order valence-corrected chi connectivity index (χ0v) is 19.6. The molecule has 1 saturated heterocycles. The molecular formula is C27H22F2N4O3. The van der Waals surface area contributed by atoms with Crippen molar-refractivity contribution in [2.75, 3.05) is 20.8 Å². The van der Waals surface area contributed by atoms with Crippen molar-refractivity contribution in [1.82, 2.24) is 14.9 Å². The van der Waals surface area contributed by atoms with E-state index in [9.17, 15) is 18.8 Å². The lowest BCUT2D eigenvalue weighted by Crippen LogP contribution is -2.29. The van der Waals surface area contributed by atoms with Gasteiger partial charge in [-0.15, -0.1) is 0 Å². The van der Waals surface area contributed by atoms with Crippen LogP contribution in [0, 0.1) is 23.0 Å². The molecule has 7 nitrogen and oxygen atoms in total. The van der Waals surface area contributed by atoms with Gasteiger partial charge in [0, 0.05) is 11.6 Å². The molecule has 1 unspecified atom stereocenters. The Morgan fingerprint density at radius 1 is 1.06 bits per heavy atom. The van der Waals surface area contributed by atoms with E-state index in [1.165, 1.54) is 49.1 Å². The third kappa shape index (κ3) is 3.95. The molecule has 1 atom stereocenters. The molecule has 182 valence electrons. The maximum absolute atomic E-state index is 14.6. The molecule has 9 heteroatoms. The number of benzene rings is 3. The monoisotopic (exact) mass is 488 g/mol. The summed E-state index contributed by atoms with van der Waals surface area (Å²) in [6, 6.07) is 13.5. The van der Waals surface area contributed by atoms with Crippen molar-refractivity contribution >= 4 is 10.9 Å². The van der Waals surface area contributed by atoms with Crippen LogP contribution >= 0.6 is 0 Å². The summed E-state index contributed by atoms with van der Waals surface area (Å²) in [6.07, 6.45) is 1.62. The molecule has 3 aromatic carbocycles. The van der Waals surface area contributed by atoms with Crippen LogP contribution in [0.25, 0.3) is 27.7 Å². The first kappa shape index (κ1) is 23.5. The van der Waals surface area contributed by atoms with Crippen LogP contribution in [-0.2, 0) is 0 Å². The molecule has 1 N–H and O–H groups in total. The van der Waals surface area contributed by atoms with Crippen LogP contribution in [0.3, 0.4) is 0 Å². The molecule has 4 aromatic rings. The van der Waals surface area contributed by atoms with Crippen LogP contribution in [0.2, 0.25) is 0 Å². The van der Waals surface area contributed by atoms with Gasteiger partial charge in [0.05, 0.1) is 48.5 Å². The van der Waals surface area contributed by atoms with Crippen molar-refractivity contribution in [2.45, 2.75) is 18.9 Å². The molecule has 1 aliphatic rings. The Kier molecular flexibility index (Phi) is 6.12. The lowest BCUT2D eigenvalue weighted by atomic mass is 9.99. The van der Waals surface area contributed by atoms with Gasteiger partial charge < -0.3 is 14.8 Å². The zero-order chi connectivity index (χ0) is 25.4. The van der Waals surface area contributed by atoms with Crippen LogP contribution in [0.4, 0.5) is 8.78 Å². The Labute approximate surface area is 205 Å². The second kappa shape index (κ2) is 9.40. The summed E-state index contributed by atoms with van der Waals surface area (Å²) in [5.41, 5.74) is 1.26. The van der Waals surface area contributed by atoms with Crippen LogP contribution in [0.5, 0.6) is 11.5 Å². The highest BCUT2D eigenvalue weighted by molar-refractivity contribution is 5.94. The Balaban J connectivity index is 1.84.